The van der Waals surface area contributed by atoms with Gasteiger partial charge in [0.15, 0.2) is 11.6 Å². The van der Waals surface area contributed by atoms with Crippen molar-refractivity contribution in [1.29, 1.82) is 0 Å². The number of pyridine rings is 1. The van der Waals surface area contributed by atoms with Crippen molar-refractivity contribution in [2.75, 3.05) is 57.3 Å². The Balaban J connectivity index is 1.39. The molecule has 2 fully saturated rings. The van der Waals surface area contributed by atoms with Crippen LogP contribution < -0.4 is 4.90 Å². The van der Waals surface area contributed by atoms with Crippen LogP contribution in [-0.2, 0) is 4.79 Å². The van der Waals surface area contributed by atoms with E-state index in [0.717, 1.165) is 57.5 Å². The quantitative estimate of drug-likeness (QED) is 0.685. The average molecular weight is 401 g/mol. The third-order valence-electron chi connectivity index (χ3n) is 6.28. The number of Topliss-reactive ketones (excluding diaryl/α,β-unsaturated/α-hetero) is 2. The Kier molecular flexibility index (Phi) is 7.06. The molecule has 0 aromatic carbocycles. The lowest BCUT2D eigenvalue weighted by atomic mass is 9.89. The van der Waals surface area contributed by atoms with Gasteiger partial charge in [0.2, 0.25) is 0 Å². The van der Waals surface area contributed by atoms with Gasteiger partial charge in [-0.15, -0.1) is 0 Å². The molecule has 0 aliphatic carbocycles. The van der Waals surface area contributed by atoms with Crippen LogP contribution in [0, 0.1) is 11.3 Å². The second-order valence-electron chi connectivity index (χ2n) is 9.64. The minimum absolute atomic E-state index is 0.0580. The Morgan fingerprint density at radius 2 is 1.66 bits per heavy atom. The van der Waals surface area contributed by atoms with E-state index < -0.39 is 0 Å². The van der Waals surface area contributed by atoms with Crippen LogP contribution >= 0.6 is 0 Å². The zero-order valence-electron chi connectivity index (χ0n) is 18.5. The van der Waals surface area contributed by atoms with E-state index >= 15 is 0 Å². The molecule has 0 bridgehead atoms. The molecule has 2 saturated heterocycles. The van der Waals surface area contributed by atoms with Crippen LogP contribution in [0.5, 0.6) is 0 Å². The van der Waals surface area contributed by atoms with E-state index in [9.17, 15) is 9.59 Å². The normalized spacial score (nSPS) is 20.1. The lowest BCUT2D eigenvalue weighted by Gasteiger charge is -2.39. The molecule has 0 amide bonds. The first-order valence-electron chi connectivity index (χ1n) is 10.9. The minimum Gasteiger partial charge on any atom is -0.354 e. The smallest absolute Gasteiger partial charge is 0.161 e. The SMILES string of the molecule is CC(=O)c1ccc(N2CCN(CC3CCN(CC(=O)C(C)(C)C)CC3)CC2)nc1. The fourth-order valence-electron chi connectivity index (χ4n) is 4.07. The molecule has 0 spiro atoms. The number of hydrogen-bond acceptors (Lipinski definition) is 6. The highest BCUT2D eigenvalue weighted by Gasteiger charge is 2.28. The number of carbonyl (C=O) groups is 2. The van der Waals surface area contributed by atoms with Crippen molar-refractivity contribution in [2.24, 2.45) is 11.3 Å². The highest BCUT2D eigenvalue weighted by Crippen LogP contribution is 2.22. The Labute approximate surface area is 175 Å². The van der Waals surface area contributed by atoms with Gasteiger partial charge in [-0.3, -0.25) is 19.4 Å². The van der Waals surface area contributed by atoms with Gasteiger partial charge in [-0.25, -0.2) is 4.98 Å². The summed E-state index contributed by atoms with van der Waals surface area (Å²) in [6.07, 6.45) is 4.06. The van der Waals surface area contributed by atoms with Crippen molar-refractivity contribution < 1.29 is 9.59 Å². The van der Waals surface area contributed by atoms with Gasteiger partial charge in [0, 0.05) is 49.9 Å². The van der Waals surface area contributed by atoms with E-state index in [1.54, 1.807) is 13.1 Å². The molecular weight excluding hydrogens is 364 g/mol. The largest absolute Gasteiger partial charge is 0.354 e. The van der Waals surface area contributed by atoms with Crippen LogP contribution in [0.1, 0.15) is 50.9 Å². The number of rotatable bonds is 6. The molecule has 0 radical (unpaired) electrons. The number of likely N-dealkylation sites (tertiary alicyclic amines) is 1. The van der Waals surface area contributed by atoms with Crippen LogP contribution in [0.25, 0.3) is 0 Å². The first kappa shape index (κ1) is 21.9. The van der Waals surface area contributed by atoms with Gasteiger partial charge in [-0.1, -0.05) is 20.8 Å². The highest BCUT2D eigenvalue weighted by atomic mass is 16.1. The van der Waals surface area contributed by atoms with E-state index in [1.807, 2.05) is 32.9 Å². The Morgan fingerprint density at radius 3 is 2.17 bits per heavy atom. The van der Waals surface area contributed by atoms with E-state index in [1.165, 1.54) is 12.8 Å². The van der Waals surface area contributed by atoms with E-state index in [-0.39, 0.29) is 11.2 Å². The van der Waals surface area contributed by atoms with E-state index in [2.05, 4.69) is 19.7 Å². The predicted octanol–water partition coefficient (Wildman–Crippen LogP) is 2.73. The van der Waals surface area contributed by atoms with E-state index in [0.29, 0.717) is 17.9 Å². The minimum atomic E-state index is -0.238. The molecule has 29 heavy (non-hydrogen) atoms. The third-order valence-corrected chi connectivity index (χ3v) is 6.28. The second-order valence-corrected chi connectivity index (χ2v) is 9.64. The number of piperazine rings is 1. The van der Waals surface area contributed by atoms with Gasteiger partial charge in [0.25, 0.3) is 0 Å². The summed E-state index contributed by atoms with van der Waals surface area (Å²) in [5.41, 5.74) is 0.431. The van der Waals surface area contributed by atoms with Crippen molar-refractivity contribution in [3.63, 3.8) is 0 Å². The summed E-state index contributed by atoms with van der Waals surface area (Å²) in [4.78, 5) is 35.3. The molecule has 0 N–H and O–H groups in total. The van der Waals surface area contributed by atoms with Gasteiger partial charge in [0.1, 0.15) is 5.82 Å². The number of anilines is 1. The molecular formula is C23H36N4O2. The molecule has 2 aliphatic rings. The van der Waals surface area contributed by atoms with Crippen LogP contribution in [0.15, 0.2) is 18.3 Å². The average Bonchev–Trinajstić information content (AvgIpc) is 2.69. The van der Waals surface area contributed by atoms with Crippen molar-refractivity contribution in [3.05, 3.63) is 23.9 Å². The second kappa shape index (κ2) is 9.35. The van der Waals surface area contributed by atoms with Crippen LogP contribution in [0.3, 0.4) is 0 Å². The van der Waals surface area contributed by atoms with Crippen molar-refractivity contribution in [1.82, 2.24) is 14.8 Å². The molecule has 6 nitrogen and oxygen atoms in total. The van der Waals surface area contributed by atoms with Gasteiger partial charge >= 0.3 is 0 Å². The molecule has 1 aromatic heterocycles. The Morgan fingerprint density at radius 1 is 1.00 bits per heavy atom. The van der Waals surface area contributed by atoms with Crippen molar-refractivity contribution in [3.8, 4) is 0 Å². The maximum Gasteiger partial charge on any atom is 0.161 e. The topological polar surface area (TPSA) is 56.8 Å². The van der Waals surface area contributed by atoms with Crippen molar-refractivity contribution in [2.45, 2.75) is 40.5 Å². The summed E-state index contributed by atoms with van der Waals surface area (Å²) in [6.45, 7) is 15.5. The van der Waals surface area contributed by atoms with Gasteiger partial charge in [0.05, 0.1) is 6.54 Å². The van der Waals surface area contributed by atoms with E-state index in [4.69, 9.17) is 0 Å². The molecule has 3 rings (SSSR count). The number of hydrogen-bond donors (Lipinski definition) is 0. The predicted molar refractivity (Wildman–Crippen MR) is 117 cm³/mol. The Hall–Kier alpha value is -1.79. The maximum absolute atomic E-state index is 12.3. The molecule has 0 saturated carbocycles. The number of aromatic nitrogens is 1. The summed E-state index contributed by atoms with van der Waals surface area (Å²) in [5, 5.41) is 0. The standard InChI is InChI=1S/C23H36N4O2/c1-18(28)20-5-6-22(24-15-20)27-13-11-26(12-14-27)16-19-7-9-25(10-8-19)17-21(29)23(2,3)4/h5-6,15,19H,7-14,16-17H2,1-4H3. The third kappa shape index (κ3) is 6.09. The van der Waals surface area contributed by atoms with Crippen LogP contribution in [0.2, 0.25) is 0 Å². The summed E-state index contributed by atoms with van der Waals surface area (Å²) in [7, 11) is 0. The maximum atomic E-state index is 12.3. The number of carbonyl (C=O) groups excluding carboxylic acids is 2. The summed E-state index contributed by atoms with van der Waals surface area (Å²) < 4.78 is 0. The van der Waals surface area contributed by atoms with Gasteiger partial charge < -0.3 is 4.90 Å². The van der Waals surface area contributed by atoms with Crippen molar-refractivity contribution >= 4 is 17.4 Å². The van der Waals surface area contributed by atoms with Gasteiger partial charge in [-0.05, 0) is 50.9 Å². The zero-order valence-corrected chi connectivity index (χ0v) is 18.5. The fraction of sp³-hybridized carbons (Fsp3) is 0.696. The zero-order chi connectivity index (χ0) is 21.0. The first-order valence-corrected chi connectivity index (χ1v) is 10.9. The van der Waals surface area contributed by atoms with Crippen LogP contribution in [-0.4, -0.2) is 78.7 Å². The summed E-state index contributed by atoms with van der Waals surface area (Å²) in [6, 6.07) is 3.83. The summed E-state index contributed by atoms with van der Waals surface area (Å²) in [5.74, 6) is 2.10. The highest BCUT2D eigenvalue weighted by molar-refractivity contribution is 5.93. The number of piperidine rings is 1. The summed E-state index contributed by atoms with van der Waals surface area (Å²) >= 11 is 0. The fourth-order valence-corrected chi connectivity index (χ4v) is 4.07. The number of nitrogens with zero attached hydrogens (tertiary/aromatic N) is 4. The molecule has 160 valence electrons. The molecule has 3 heterocycles. The first-order chi connectivity index (χ1) is 13.7. The van der Waals surface area contributed by atoms with Gasteiger partial charge in [-0.2, -0.15) is 0 Å². The molecule has 6 heteroatoms. The monoisotopic (exact) mass is 400 g/mol. The molecule has 1 aromatic rings. The molecule has 2 aliphatic heterocycles. The lowest BCUT2D eigenvalue weighted by Crippen LogP contribution is -2.49. The number of ketones is 2. The molecule has 0 atom stereocenters. The van der Waals surface area contributed by atoms with Crippen LogP contribution in [0.4, 0.5) is 5.82 Å². The Bertz CT molecular complexity index is 695. The lowest BCUT2D eigenvalue weighted by molar-refractivity contribution is -0.127. The molecule has 0 unspecified atom stereocenters.